The lowest BCUT2D eigenvalue weighted by Gasteiger charge is -2.30. The molecule has 1 saturated heterocycles. The molecule has 0 aromatic carbocycles. The van der Waals surface area contributed by atoms with Crippen molar-refractivity contribution in [3.63, 3.8) is 0 Å². The molecular weight excluding hydrogens is 294 g/mol. The molecule has 0 amide bonds. The summed E-state index contributed by atoms with van der Waals surface area (Å²) in [6.45, 7) is 2.78. The molecule has 2 N–H and O–H groups in total. The molecule has 1 aliphatic rings. The number of rotatable bonds is 2. The number of nitrogens with two attached hydrogens (primary N) is 1. The van der Waals surface area contributed by atoms with Crippen molar-refractivity contribution in [3.05, 3.63) is 22.8 Å². The van der Waals surface area contributed by atoms with Gasteiger partial charge in [-0.2, -0.15) is 4.98 Å². The van der Waals surface area contributed by atoms with Crippen LogP contribution in [0.25, 0.3) is 5.65 Å². The fraction of sp³-hybridized carbons (Fsp3) is 0.500. The molecule has 2 aromatic rings. The molecule has 1 fully saturated rings. The quantitative estimate of drug-likeness (QED) is 0.916. The van der Waals surface area contributed by atoms with E-state index in [1.165, 1.54) is 0 Å². The van der Waals surface area contributed by atoms with Crippen LogP contribution in [-0.2, 0) is 0 Å². The highest BCUT2D eigenvalue weighted by Crippen LogP contribution is 2.22. The summed E-state index contributed by atoms with van der Waals surface area (Å²) in [7, 11) is 0. The van der Waals surface area contributed by atoms with Gasteiger partial charge in [0.05, 0.1) is 4.47 Å². The Morgan fingerprint density at radius 3 is 2.83 bits per heavy atom. The van der Waals surface area contributed by atoms with Crippen LogP contribution < -0.4 is 10.6 Å². The summed E-state index contributed by atoms with van der Waals surface area (Å²) in [6, 6.07) is 3.94. The second-order valence-electron chi connectivity index (χ2n) is 4.70. The highest BCUT2D eigenvalue weighted by molar-refractivity contribution is 9.10. The second kappa shape index (κ2) is 4.85. The van der Waals surface area contributed by atoms with Gasteiger partial charge in [-0.3, -0.25) is 0 Å². The standard InChI is InChI=1S/C12H16BrN5/c13-10-2-1-5-18-11(10)15-12(16-18)17-6-3-9(8-14)4-7-17/h1-2,5,9H,3-4,6-8,14H2. The number of hydrogen-bond acceptors (Lipinski definition) is 4. The van der Waals surface area contributed by atoms with Crippen LogP contribution in [0, 0.1) is 5.92 Å². The predicted octanol–water partition coefficient (Wildman–Crippen LogP) is 1.67. The SMILES string of the molecule is NCC1CCN(c2nc3c(Br)cccn3n2)CC1. The molecule has 96 valence electrons. The average Bonchev–Trinajstić information content (AvgIpc) is 2.84. The van der Waals surface area contributed by atoms with Crippen molar-refractivity contribution in [1.29, 1.82) is 0 Å². The number of anilines is 1. The normalized spacial score (nSPS) is 17.6. The maximum Gasteiger partial charge on any atom is 0.245 e. The molecule has 0 spiro atoms. The molecule has 0 radical (unpaired) electrons. The molecule has 0 bridgehead atoms. The minimum absolute atomic E-state index is 0.657. The number of fused-ring (bicyclic) bond motifs is 1. The Kier molecular flexibility index (Phi) is 3.22. The van der Waals surface area contributed by atoms with Crippen LogP contribution in [0.3, 0.4) is 0 Å². The molecular formula is C12H16BrN5. The second-order valence-corrected chi connectivity index (χ2v) is 5.56. The van der Waals surface area contributed by atoms with Gasteiger partial charge in [0.2, 0.25) is 5.95 Å². The molecule has 3 rings (SSSR count). The number of nitrogens with zero attached hydrogens (tertiary/aromatic N) is 4. The minimum atomic E-state index is 0.657. The van der Waals surface area contributed by atoms with Crippen LogP contribution in [-0.4, -0.2) is 34.2 Å². The zero-order valence-corrected chi connectivity index (χ0v) is 11.7. The number of aromatic nitrogens is 3. The van der Waals surface area contributed by atoms with E-state index < -0.39 is 0 Å². The van der Waals surface area contributed by atoms with Crippen LogP contribution in [0.5, 0.6) is 0 Å². The molecule has 3 heterocycles. The predicted molar refractivity (Wildman–Crippen MR) is 74.7 cm³/mol. The van der Waals surface area contributed by atoms with Gasteiger partial charge in [-0.1, -0.05) is 0 Å². The van der Waals surface area contributed by atoms with Crippen molar-refractivity contribution < 1.29 is 0 Å². The monoisotopic (exact) mass is 309 g/mol. The third-order valence-corrected chi connectivity index (χ3v) is 4.15. The Morgan fingerprint density at radius 1 is 1.39 bits per heavy atom. The van der Waals surface area contributed by atoms with Gasteiger partial charge in [0.25, 0.3) is 0 Å². The van der Waals surface area contributed by atoms with Gasteiger partial charge in [0.15, 0.2) is 5.65 Å². The fourth-order valence-electron chi connectivity index (χ4n) is 2.36. The largest absolute Gasteiger partial charge is 0.339 e. The Labute approximate surface area is 114 Å². The lowest BCUT2D eigenvalue weighted by atomic mass is 9.97. The Balaban J connectivity index is 1.85. The van der Waals surface area contributed by atoms with E-state index in [-0.39, 0.29) is 0 Å². The van der Waals surface area contributed by atoms with Crippen molar-refractivity contribution in [2.75, 3.05) is 24.5 Å². The van der Waals surface area contributed by atoms with E-state index in [2.05, 4.69) is 30.9 Å². The lowest BCUT2D eigenvalue weighted by Crippen LogP contribution is -2.36. The van der Waals surface area contributed by atoms with Gasteiger partial charge >= 0.3 is 0 Å². The van der Waals surface area contributed by atoms with E-state index in [0.717, 1.165) is 48.5 Å². The maximum absolute atomic E-state index is 5.71. The van der Waals surface area contributed by atoms with E-state index in [1.807, 2.05) is 22.8 Å². The summed E-state index contributed by atoms with van der Waals surface area (Å²) in [5, 5.41) is 4.52. The zero-order chi connectivity index (χ0) is 12.5. The average molecular weight is 310 g/mol. The van der Waals surface area contributed by atoms with Crippen molar-refractivity contribution in [1.82, 2.24) is 14.6 Å². The van der Waals surface area contributed by atoms with Gasteiger partial charge in [0, 0.05) is 19.3 Å². The number of piperidine rings is 1. The van der Waals surface area contributed by atoms with E-state index in [4.69, 9.17) is 5.73 Å². The summed E-state index contributed by atoms with van der Waals surface area (Å²) >= 11 is 3.50. The summed E-state index contributed by atoms with van der Waals surface area (Å²) in [5.74, 6) is 1.47. The lowest BCUT2D eigenvalue weighted by molar-refractivity contribution is 0.411. The third kappa shape index (κ3) is 2.10. The first-order valence-electron chi connectivity index (χ1n) is 6.24. The van der Waals surface area contributed by atoms with Crippen LogP contribution >= 0.6 is 15.9 Å². The summed E-state index contributed by atoms with van der Waals surface area (Å²) in [6.07, 6.45) is 4.18. The van der Waals surface area contributed by atoms with Crippen molar-refractivity contribution in [3.8, 4) is 0 Å². The van der Waals surface area contributed by atoms with Gasteiger partial charge in [-0.15, -0.1) is 5.10 Å². The van der Waals surface area contributed by atoms with Crippen molar-refractivity contribution >= 4 is 27.5 Å². The highest BCUT2D eigenvalue weighted by atomic mass is 79.9. The molecule has 0 aliphatic carbocycles. The van der Waals surface area contributed by atoms with Crippen LogP contribution in [0.1, 0.15) is 12.8 Å². The molecule has 18 heavy (non-hydrogen) atoms. The van der Waals surface area contributed by atoms with E-state index in [9.17, 15) is 0 Å². The van der Waals surface area contributed by atoms with Crippen LogP contribution in [0.4, 0.5) is 5.95 Å². The zero-order valence-electron chi connectivity index (χ0n) is 10.1. The first-order chi connectivity index (χ1) is 8.78. The van der Waals surface area contributed by atoms with Gasteiger partial charge in [-0.25, -0.2) is 4.52 Å². The Hall–Kier alpha value is -1.14. The number of halogens is 1. The van der Waals surface area contributed by atoms with Crippen molar-refractivity contribution in [2.45, 2.75) is 12.8 Å². The van der Waals surface area contributed by atoms with Crippen LogP contribution in [0.15, 0.2) is 22.8 Å². The van der Waals surface area contributed by atoms with E-state index >= 15 is 0 Å². The van der Waals surface area contributed by atoms with E-state index in [0.29, 0.717) is 5.92 Å². The van der Waals surface area contributed by atoms with Crippen LogP contribution in [0.2, 0.25) is 0 Å². The number of pyridine rings is 1. The molecule has 1 aliphatic heterocycles. The first kappa shape index (κ1) is 11.9. The highest BCUT2D eigenvalue weighted by Gasteiger charge is 2.21. The molecule has 5 nitrogen and oxygen atoms in total. The van der Waals surface area contributed by atoms with Gasteiger partial charge < -0.3 is 10.6 Å². The summed E-state index contributed by atoms with van der Waals surface area (Å²) < 4.78 is 2.79. The third-order valence-electron chi connectivity index (χ3n) is 3.53. The molecule has 2 aromatic heterocycles. The maximum atomic E-state index is 5.71. The fourth-order valence-corrected chi connectivity index (χ4v) is 2.79. The van der Waals surface area contributed by atoms with Gasteiger partial charge in [0.1, 0.15) is 0 Å². The number of hydrogen-bond donors (Lipinski definition) is 1. The molecule has 0 atom stereocenters. The van der Waals surface area contributed by atoms with Crippen molar-refractivity contribution in [2.24, 2.45) is 11.7 Å². The topological polar surface area (TPSA) is 59.5 Å². The molecule has 0 saturated carbocycles. The summed E-state index contributed by atoms with van der Waals surface area (Å²) in [5.41, 5.74) is 6.58. The first-order valence-corrected chi connectivity index (χ1v) is 7.03. The van der Waals surface area contributed by atoms with Gasteiger partial charge in [-0.05, 0) is 53.4 Å². The molecule has 6 heteroatoms. The smallest absolute Gasteiger partial charge is 0.245 e. The van der Waals surface area contributed by atoms with E-state index in [1.54, 1.807) is 0 Å². The molecule has 0 unspecified atom stereocenters. The summed E-state index contributed by atoms with van der Waals surface area (Å²) in [4.78, 5) is 6.83. The Bertz CT molecular complexity index is 544. The Morgan fingerprint density at radius 2 is 2.17 bits per heavy atom. The minimum Gasteiger partial charge on any atom is -0.339 e.